The second kappa shape index (κ2) is 9.56. The molecule has 0 aliphatic carbocycles. The SMILES string of the molecule is Cc1ccc(-c2c(C)c3c(c(C)c2C(OC(C)(C)C)C(=O)O)CN(Cc2ccccc2F)C3)cc1. The first-order chi connectivity index (χ1) is 16.5. The van der Waals surface area contributed by atoms with Gasteiger partial charge in [0.1, 0.15) is 5.82 Å². The lowest BCUT2D eigenvalue weighted by molar-refractivity contribution is -0.160. The van der Waals surface area contributed by atoms with Crippen molar-refractivity contribution in [2.75, 3.05) is 0 Å². The summed E-state index contributed by atoms with van der Waals surface area (Å²) in [6.07, 6.45) is -1.10. The van der Waals surface area contributed by atoms with Crippen LogP contribution in [0.4, 0.5) is 4.39 Å². The standard InChI is InChI=1S/C30H34FNO3/c1-18-11-13-21(14-12-18)26-19(2)23-16-32(15-22-9-7-8-10-25(22)31)17-24(23)20(3)27(26)28(29(33)34)35-30(4,5)6/h7-14,28H,15-17H2,1-6H3,(H,33,34). The van der Waals surface area contributed by atoms with Gasteiger partial charge in [0.05, 0.1) is 5.60 Å². The zero-order valence-electron chi connectivity index (χ0n) is 21.4. The van der Waals surface area contributed by atoms with Crippen LogP contribution in [0.2, 0.25) is 0 Å². The Hall–Kier alpha value is -3.02. The molecule has 1 atom stereocenters. The molecule has 3 aromatic rings. The molecule has 1 unspecified atom stereocenters. The fraction of sp³-hybridized carbons (Fsp3) is 0.367. The van der Waals surface area contributed by atoms with Crippen LogP contribution in [0.3, 0.4) is 0 Å². The van der Waals surface area contributed by atoms with Crippen LogP contribution in [0.15, 0.2) is 48.5 Å². The average molecular weight is 476 g/mol. The molecule has 0 fully saturated rings. The molecule has 0 bridgehead atoms. The highest BCUT2D eigenvalue weighted by atomic mass is 19.1. The zero-order chi connectivity index (χ0) is 25.5. The summed E-state index contributed by atoms with van der Waals surface area (Å²) < 4.78 is 20.5. The first-order valence-corrected chi connectivity index (χ1v) is 12.0. The topological polar surface area (TPSA) is 49.8 Å². The molecule has 0 saturated heterocycles. The van der Waals surface area contributed by atoms with Gasteiger partial charge in [-0.15, -0.1) is 0 Å². The average Bonchev–Trinajstić information content (AvgIpc) is 3.21. The molecule has 1 aliphatic heterocycles. The van der Waals surface area contributed by atoms with Gasteiger partial charge in [-0.25, -0.2) is 9.18 Å². The number of carboxylic acid groups (broad SMARTS) is 1. The van der Waals surface area contributed by atoms with Gasteiger partial charge in [-0.05, 0) is 81.0 Å². The van der Waals surface area contributed by atoms with Crippen LogP contribution in [0.25, 0.3) is 11.1 Å². The van der Waals surface area contributed by atoms with E-state index in [9.17, 15) is 14.3 Å². The van der Waals surface area contributed by atoms with E-state index < -0.39 is 17.7 Å². The van der Waals surface area contributed by atoms with Gasteiger partial charge in [-0.3, -0.25) is 4.90 Å². The lowest BCUT2D eigenvalue weighted by Crippen LogP contribution is -2.28. The Morgan fingerprint density at radius 2 is 1.60 bits per heavy atom. The largest absolute Gasteiger partial charge is 0.479 e. The van der Waals surface area contributed by atoms with Crippen molar-refractivity contribution in [2.24, 2.45) is 0 Å². The van der Waals surface area contributed by atoms with E-state index >= 15 is 0 Å². The number of carboxylic acids is 1. The molecule has 4 rings (SSSR count). The number of hydrogen-bond acceptors (Lipinski definition) is 3. The minimum absolute atomic E-state index is 0.206. The van der Waals surface area contributed by atoms with Crippen molar-refractivity contribution in [2.45, 2.75) is 72.9 Å². The molecular weight excluding hydrogens is 441 g/mol. The quantitative estimate of drug-likeness (QED) is 0.422. The van der Waals surface area contributed by atoms with Crippen LogP contribution in [0, 0.1) is 26.6 Å². The number of carbonyl (C=O) groups is 1. The monoisotopic (exact) mass is 475 g/mol. The second-order valence-corrected chi connectivity index (χ2v) is 10.5. The third-order valence-electron chi connectivity index (χ3n) is 6.73. The summed E-state index contributed by atoms with van der Waals surface area (Å²) >= 11 is 0. The molecule has 0 aromatic heterocycles. The van der Waals surface area contributed by atoms with Crippen molar-refractivity contribution in [3.8, 4) is 11.1 Å². The Bertz CT molecular complexity index is 1260. The molecule has 5 heteroatoms. The smallest absolute Gasteiger partial charge is 0.337 e. The van der Waals surface area contributed by atoms with E-state index in [1.165, 1.54) is 11.6 Å². The van der Waals surface area contributed by atoms with Crippen molar-refractivity contribution in [1.29, 1.82) is 0 Å². The third-order valence-corrected chi connectivity index (χ3v) is 6.73. The summed E-state index contributed by atoms with van der Waals surface area (Å²) in [5, 5.41) is 10.3. The maximum Gasteiger partial charge on any atom is 0.337 e. The summed E-state index contributed by atoms with van der Waals surface area (Å²) in [5.74, 6) is -1.21. The van der Waals surface area contributed by atoms with Crippen molar-refractivity contribution in [3.05, 3.63) is 93.3 Å². The van der Waals surface area contributed by atoms with E-state index in [4.69, 9.17) is 4.74 Å². The van der Waals surface area contributed by atoms with Crippen molar-refractivity contribution < 1.29 is 19.0 Å². The Labute approximate surface area is 207 Å². The molecule has 35 heavy (non-hydrogen) atoms. The van der Waals surface area contributed by atoms with Gasteiger partial charge in [0.2, 0.25) is 0 Å². The van der Waals surface area contributed by atoms with Gasteiger partial charge >= 0.3 is 5.97 Å². The molecule has 0 radical (unpaired) electrons. The normalized spacial score (nSPS) is 14.7. The van der Waals surface area contributed by atoms with Crippen LogP contribution >= 0.6 is 0 Å². The van der Waals surface area contributed by atoms with Crippen LogP contribution in [-0.4, -0.2) is 21.6 Å². The highest BCUT2D eigenvalue weighted by Crippen LogP contribution is 2.44. The predicted octanol–water partition coefficient (Wildman–Crippen LogP) is 6.87. The summed E-state index contributed by atoms with van der Waals surface area (Å²) in [4.78, 5) is 14.8. The number of halogens is 1. The van der Waals surface area contributed by atoms with Crippen molar-refractivity contribution in [1.82, 2.24) is 4.90 Å². The molecule has 0 spiro atoms. The zero-order valence-corrected chi connectivity index (χ0v) is 21.4. The second-order valence-electron chi connectivity index (χ2n) is 10.5. The van der Waals surface area contributed by atoms with E-state index in [0.29, 0.717) is 30.8 Å². The van der Waals surface area contributed by atoms with Gasteiger partial charge in [-0.2, -0.15) is 0 Å². The number of rotatable bonds is 6. The van der Waals surface area contributed by atoms with Crippen LogP contribution in [0.5, 0.6) is 0 Å². The van der Waals surface area contributed by atoms with Gasteiger partial charge in [0.25, 0.3) is 0 Å². The molecule has 0 saturated carbocycles. The molecule has 4 nitrogen and oxygen atoms in total. The maximum absolute atomic E-state index is 14.4. The molecule has 0 amide bonds. The number of ether oxygens (including phenoxy) is 1. The number of aliphatic carboxylic acids is 1. The van der Waals surface area contributed by atoms with Gasteiger partial charge in [0.15, 0.2) is 6.10 Å². The molecule has 3 aromatic carbocycles. The van der Waals surface area contributed by atoms with Crippen molar-refractivity contribution >= 4 is 5.97 Å². The molecule has 184 valence electrons. The van der Waals surface area contributed by atoms with Crippen LogP contribution in [0.1, 0.15) is 65.8 Å². The first-order valence-electron chi connectivity index (χ1n) is 12.0. The minimum atomic E-state index is -1.10. The Balaban J connectivity index is 1.87. The van der Waals surface area contributed by atoms with Crippen molar-refractivity contribution in [3.63, 3.8) is 0 Å². The Morgan fingerprint density at radius 1 is 1.00 bits per heavy atom. The molecule has 1 N–H and O–H groups in total. The Kier molecular flexibility index (Phi) is 6.85. The lowest BCUT2D eigenvalue weighted by atomic mass is 9.83. The minimum Gasteiger partial charge on any atom is -0.479 e. The van der Waals surface area contributed by atoms with Gasteiger partial charge < -0.3 is 9.84 Å². The predicted molar refractivity (Wildman–Crippen MR) is 137 cm³/mol. The number of hydrogen-bond donors (Lipinski definition) is 1. The summed E-state index contributed by atoms with van der Waals surface area (Å²) in [6, 6.07) is 15.1. The summed E-state index contributed by atoms with van der Waals surface area (Å²) in [7, 11) is 0. The fourth-order valence-corrected chi connectivity index (χ4v) is 5.07. The molecular formula is C30H34FNO3. The van der Waals surface area contributed by atoms with E-state index in [0.717, 1.165) is 33.4 Å². The number of benzene rings is 3. The van der Waals surface area contributed by atoms with Crippen LogP contribution < -0.4 is 0 Å². The molecule has 1 aliphatic rings. The third kappa shape index (κ3) is 5.16. The first kappa shape index (κ1) is 25.1. The highest BCUT2D eigenvalue weighted by molar-refractivity contribution is 5.84. The van der Waals surface area contributed by atoms with E-state index in [1.807, 2.05) is 58.9 Å². The number of fused-ring (bicyclic) bond motifs is 1. The maximum atomic E-state index is 14.4. The van der Waals surface area contributed by atoms with Gasteiger partial charge in [0, 0.05) is 30.8 Å². The lowest BCUT2D eigenvalue weighted by Gasteiger charge is -2.30. The van der Waals surface area contributed by atoms with Crippen LogP contribution in [-0.2, 0) is 29.2 Å². The van der Waals surface area contributed by atoms with E-state index in [2.05, 4.69) is 24.0 Å². The summed E-state index contributed by atoms with van der Waals surface area (Å²) in [5.41, 5.74) is 8.08. The van der Waals surface area contributed by atoms with Gasteiger partial charge in [-0.1, -0.05) is 48.0 Å². The highest BCUT2D eigenvalue weighted by Gasteiger charge is 2.35. The molecule has 1 heterocycles. The number of nitrogens with zero attached hydrogens (tertiary/aromatic N) is 1. The van der Waals surface area contributed by atoms with E-state index in [-0.39, 0.29) is 5.82 Å². The fourth-order valence-electron chi connectivity index (χ4n) is 5.07. The van der Waals surface area contributed by atoms with E-state index in [1.54, 1.807) is 6.07 Å². The number of aryl methyl sites for hydroxylation is 1. The Morgan fingerprint density at radius 3 is 2.17 bits per heavy atom. The summed E-state index contributed by atoms with van der Waals surface area (Å²) in [6.45, 7) is 13.6.